The fourth-order valence-corrected chi connectivity index (χ4v) is 3.32. The number of halogens is 3. The highest BCUT2D eigenvalue weighted by molar-refractivity contribution is 7.87. The Kier molecular flexibility index (Phi) is 5.54. The topological polar surface area (TPSA) is 43.4 Å². The van der Waals surface area contributed by atoms with Gasteiger partial charge in [0.2, 0.25) is 0 Å². The summed E-state index contributed by atoms with van der Waals surface area (Å²) < 4.78 is 63.1. The van der Waals surface area contributed by atoms with Crippen molar-refractivity contribution in [2.75, 3.05) is 0 Å². The van der Waals surface area contributed by atoms with Crippen molar-refractivity contribution in [1.82, 2.24) is 0 Å². The highest BCUT2D eigenvalue weighted by Crippen LogP contribution is 2.53. The van der Waals surface area contributed by atoms with Crippen LogP contribution in [0.5, 0.6) is 0 Å². The normalized spacial score (nSPS) is 23.9. The maximum atomic E-state index is 12.3. The third-order valence-corrected chi connectivity index (χ3v) is 4.86. The molecule has 1 fully saturated rings. The summed E-state index contributed by atoms with van der Waals surface area (Å²) >= 11 is 0. The minimum Gasteiger partial charge on any atom is -0.376 e. The molecular weight excluding hydrogens is 317 g/mol. The number of rotatable bonds is 4. The molecule has 2 aliphatic rings. The smallest absolute Gasteiger partial charge is 0.376 e. The molecule has 0 aromatic carbocycles. The van der Waals surface area contributed by atoms with Crippen molar-refractivity contribution in [1.29, 1.82) is 0 Å². The fraction of sp³-hybridized carbons (Fsp3) is 0.600. The Labute approximate surface area is 129 Å². The van der Waals surface area contributed by atoms with Gasteiger partial charge in [-0.25, -0.2) is 0 Å². The molecule has 0 N–H and O–H groups in total. The van der Waals surface area contributed by atoms with Crippen LogP contribution in [0.3, 0.4) is 0 Å². The van der Waals surface area contributed by atoms with Gasteiger partial charge in [-0.2, -0.15) is 21.6 Å². The van der Waals surface area contributed by atoms with Crippen LogP contribution in [-0.2, 0) is 14.3 Å². The molecule has 0 bridgehead atoms. The van der Waals surface area contributed by atoms with E-state index in [9.17, 15) is 21.6 Å². The lowest BCUT2D eigenvalue weighted by molar-refractivity contribution is -0.0520. The van der Waals surface area contributed by atoms with E-state index in [0.717, 1.165) is 24.0 Å². The first-order chi connectivity index (χ1) is 10.0. The molecule has 0 aliphatic heterocycles. The zero-order valence-corrected chi connectivity index (χ0v) is 13.8. The van der Waals surface area contributed by atoms with E-state index in [0.29, 0.717) is 17.9 Å². The summed E-state index contributed by atoms with van der Waals surface area (Å²) in [5, 5.41) is 0. The van der Waals surface area contributed by atoms with Gasteiger partial charge in [-0.1, -0.05) is 32.6 Å². The van der Waals surface area contributed by atoms with Gasteiger partial charge in [-0.05, 0) is 49.2 Å². The van der Waals surface area contributed by atoms with Crippen molar-refractivity contribution in [2.24, 2.45) is 11.8 Å². The monoisotopic (exact) mass is 338 g/mol. The first-order valence-electron chi connectivity index (χ1n) is 7.13. The summed E-state index contributed by atoms with van der Waals surface area (Å²) in [6.07, 6.45) is 2.42. The molecule has 2 unspecified atom stereocenters. The average molecular weight is 338 g/mol. The Morgan fingerprint density at radius 2 is 1.77 bits per heavy atom. The summed E-state index contributed by atoms with van der Waals surface area (Å²) in [6.45, 7) is 12.9. The summed E-state index contributed by atoms with van der Waals surface area (Å²) in [6, 6.07) is 0. The zero-order chi connectivity index (χ0) is 17.3. The van der Waals surface area contributed by atoms with Crippen molar-refractivity contribution in [3.63, 3.8) is 0 Å². The van der Waals surface area contributed by atoms with Gasteiger partial charge in [0, 0.05) is 0 Å². The second-order valence-electron chi connectivity index (χ2n) is 5.23. The Balaban J connectivity index is 0.00000116. The van der Waals surface area contributed by atoms with E-state index >= 15 is 0 Å². The second-order valence-corrected chi connectivity index (χ2v) is 6.76. The number of fused-ring (bicyclic) bond motifs is 1. The lowest BCUT2D eigenvalue weighted by Gasteiger charge is -2.32. The molecule has 0 heterocycles. The minimum absolute atomic E-state index is 0.247. The number of hydrogen-bond acceptors (Lipinski definition) is 3. The zero-order valence-electron chi connectivity index (χ0n) is 13.0. The number of alkyl halides is 3. The molecule has 0 saturated heterocycles. The number of hydrogen-bond donors (Lipinski definition) is 0. The van der Waals surface area contributed by atoms with E-state index in [1.165, 1.54) is 0 Å². The van der Waals surface area contributed by atoms with Crippen LogP contribution in [0.1, 0.15) is 40.0 Å². The van der Waals surface area contributed by atoms with Crippen molar-refractivity contribution in [2.45, 2.75) is 45.5 Å². The lowest BCUT2D eigenvalue weighted by Crippen LogP contribution is -2.25. The van der Waals surface area contributed by atoms with Crippen molar-refractivity contribution < 1.29 is 25.8 Å². The third-order valence-electron chi connectivity index (χ3n) is 3.87. The first kappa shape index (κ1) is 18.8. The molecule has 2 atom stereocenters. The summed E-state index contributed by atoms with van der Waals surface area (Å²) in [7, 11) is -5.66. The largest absolute Gasteiger partial charge is 0.534 e. The molecule has 2 aliphatic carbocycles. The van der Waals surface area contributed by atoms with Gasteiger partial charge in [0.05, 0.1) is 0 Å². The molecule has 2 rings (SSSR count). The van der Waals surface area contributed by atoms with Gasteiger partial charge in [0.1, 0.15) is 5.76 Å². The van der Waals surface area contributed by atoms with E-state index in [1.807, 2.05) is 13.8 Å². The van der Waals surface area contributed by atoms with Gasteiger partial charge in [-0.3, -0.25) is 0 Å². The average Bonchev–Trinajstić information content (AvgIpc) is 2.62. The van der Waals surface area contributed by atoms with E-state index in [2.05, 4.69) is 17.3 Å². The fourth-order valence-electron chi connectivity index (χ4n) is 2.86. The predicted molar refractivity (Wildman–Crippen MR) is 79.2 cm³/mol. The lowest BCUT2D eigenvalue weighted by atomic mass is 9.72. The van der Waals surface area contributed by atoms with Crippen LogP contribution in [0.4, 0.5) is 13.2 Å². The Hall–Kier alpha value is -1.24. The first-order valence-corrected chi connectivity index (χ1v) is 8.54. The summed E-state index contributed by atoms with van der Waals surface area (Å²) in [5.41, 5.74) is -3.46. The highest BCUT2D eigenvalue weighted by atomic mass is 32.2. The maximum Gasteiger partial charge on any atom is 0.534 e. The van der Waals surface area contributed by atoms with Gasteiger partial charge in [-0.15, -0.1) is 0 Å². The molecule has 1 saturated carbocycles. The summed E-state index contributed by atoms with van der Waals surface area (Å²) in [4.78, 5) is 0. The van der Waals surface area contributed by atoms with Crippen molar-refractivity contribution >= 4 is 10.1 Å². The van der Waals surface area contributed by atoms with Crippen LogP contribution in [-0.4, -0.2) is 13.9 Å². The van der Waals surface area contributed by atoms with Gasteiger partial charge in [0.25, 0.3) is 0 Å². The molecule has 7 heteroatoms. The van der Waals surface area contributed by atoms with E-state index in [1.54, 1.807) is 6.92 Å². The van der Waals surface area contributed by atoms with Gasteiger partial charge < -0.3 is 4.18 Å². The maximum absolute atomic E-state index is 12.3. The molecule has 126 valence electrons. The van der Waals surface area contributed by atoms with Crippen LogP contribution in [0.15, 0.2) is 35.6 Å². The van der Waals surface area contributed by atoms with E-state index in [-0.39, 0.29) is 5.92 Å². The third kappa shape index (κ3) is 3.39. The molecule has 22 heavy (non-hydrogen) atoms. The molecule has 3 nitrogen and oxygen atoms in total. The molecular formula is C15H21F3O3S. The SMILES string of the molecule is C=C(C)C1=C(C(=C)OS(=O)(=O)C(F)(F)F)CC2CCC12.CC. The molecule has 0 aromatic heterocycles. The Bertz CT molecular complexity index is 600. The Morgan fingerprint density at radius 1 is 1.23 bits per heavy atom. The quantitative estimate of drug-likeness (QED) is 0.424. The van der Waals surface area contributed by atoms with Crippen LogP contribution in [0.2, 0.25) is 0 Å². The second kappa shape index (κ2) is 6.48. The predicted octanol–water partition coefficient (Wildman–Crippen LogP) is 4.70. The van der Waals surface area contributed by atoms with Crippen LogP contribution in [0, 0.1) is 11.8 Å². The Morgan fingerprint density at radius 3 is 2.14 bits per heavy atom. The van der Waals surface area contributed by atoms with Crippen LogP contribution < -0.4 is 0 Å². The van der Waals surface area contributed by atoms with Gasteiger partial charge in [0.15, 0.2) is 0 Å². The number of allylic oxidation sites excluding steroid dienone is 3. The van der Waals surface area contributed by atoms with E-state index < -0.39 is 21.4 Å². The molecule has 0 spiro atoms. The molecule has 0 amide bonds. The minimum atomic E-state index is -5.66. The van der Waals surface area contributed by atoms with E-state index in [4.69, 9.17) is 0 Å². The highest BCUT2D eigenvalue weighted by Gasteiger charge is 2.50. The molecule has 0 aromatic rings. The van der Waals surface area contributed by atoms with Crippen LogP contribution >= 0.6 is 0 Å². The van der Waals surface area contributed by atoms with Crippen molar-refractivity contribution in [3.8, 4) is 0 Å². The standard InChI is InChI=1S/C13H15F3O3S.C2H6/c1-7(2)12-10-5-4-9(10)6-11(12)8(3)19-20(17,18)13(14,15)16;1-2/h9-10H,1,3-6H2,2H3;1-2H3. The van der Waals surface area contributed by atoms with Crippen LogP contribution in [0.25, 0.3) is 0 Å². The summed E-state index contributed by atoms with van der Waals surface area (Å²) in [5.74, 6) is 0.150. The van der Waals surface area contributed by atoms with Crippen molar-refractivity contribution in [3.05, 3.63) is 35.6 Å². The molecule has 0 radical (unpaired) electrons. The van der Waals surface area contributed by atoms with Gasteiger partial charge >= 0.3 is 15.6 Å².